The van der Waals surface area contributed by atoms with E-state index in [0.29, 0.717) is 108 Å². The maximum atomic E-state index is 15.6. The summed E-state index contributed by atoms with van der Waals surface area (Å²) in [4.78, 5) is 96.6. The molecule has 0 unspecified atom stereocenters. The van der Waals surface area contributed by atoms with E-state index in [1.54, 1.807) is 34.2 Å². The molecule has 0 atom stereocenters. The third-order valence-corrected chi connectivity index (χ3v) is 19.2. The topological polar surface area (TPSA) is 289 Å². The maximum Gasteiger partial charge on any atom is 0.410 e. The monoisotopic (exact) mass is 1500 g/mol. The first kappa shape index (κ1) is 79.2. The van der Waals surface area contributed by atoms with E-state index >= 15 is 4.39 Å². The van der Waals surface area contributed by atoms with Crippen molar-refractivity contribution in [1.82, 2.24) is 29.7 Å². The van der Waals surface area contributed by atoms with Crippen LogP contribution in [0.5, 0.6) is 46.1 Å². The number of phenolic OH excluding ortho intramolecular Hbond substituents is 1. The Balaban J connectivity index is 0.000000190. The van der Waals surface area contributed by atoms with Crippen molar-refractivity contribution >= 4 is 67.2 Å². The number of ketones is 4. The summed E-state index contributed by atoms with van der Waals surface area (Å²) in [7, 11) is -0.528. The van der Waals surface area contributed by atoms with Gasteiger partial charge in [-0.1, -0.05) is 36.4 Å². The fraction of sp³-hybridized carbons (Fsp3) is 0.418. The van der Waals surface area contributed by atoms with Crippen LogP contribution in [0.15, 0.2) is 122 Å². The number of hydrogen-bond donors (Lipinski definition) is 1. The maximum absolute atomic E-state index is 15.6. The third-order valence-electron chi connectivity index (χ3n) is 18.6. The lowest BCUT2D eigenvalue weighted by molar-refractivity contribution is -0.135. The van der Waals surface area contributed by atoms with Gasteiger partial charge in [-0.3, -0.25) is 23.4 Å². The summed E-state index contributed by atoms with van der Waals surface area (Å²) in [6.45, 7) is 13.8. The number of rotatable bonds is 24. The highest BCUT2D eigenvalue weighted by atomic mass is 32.2. The zero-order chi connectivity index (χ0) is 77.2. The quantitative estimate of drug-likeness (QED) is 0.0334. The molecule has 12 rings (SSSR count). The summed E-state index contributed by atoms with van der Waals surface area (Å²) >= 11 is 0. The van der Waals surface area contributed by atoms with Crippen LogP contribution in [-0.4, -0.2) is 150 Å². The number of Topliss-reactive ketones (excluding diaryl/α,β-unsaturated/α-hetero) is 4. The smallest absolute Gasteiger partial charge is 0.410 e. The number of hydrogen-bond acceptors (Lipinski definition) is 21. The molecule has 2 saturated carbocycles. The number of halogens is 4. The van der Waals surface area contributed by atoms with Gasteiger partial charge in [0.2, 0.25) is 11.6 Å². The summed E-state index contributed by atoms with van der Waals surface area (Å²) in [6, 6.07) is 24.2. The van der Waals surface area contributed by atoms with E-state index in [1.807, 2.05) is 41.5 Å². The molecule has 4 heterocycles. The van der Waals surface area contributed by atoms with Crippen LogP contribution in [0.2, 0.25) is 0 Å². The highest BCUT2D eigenvalue weighted by Crippen LogP contribution is 2.51. The molecule has 2 aliphatic heterocycles. The Kier molecular flexibility index (Phi) is 24.9. The van der Waals surface area contributed by atoms with Crippen LogP contribution in [0.4, 0.5) is 27.2 Å². The number of fused-ring (bicyclic) bond motifs is 2. The summed E-state index contributed by atoms with van der Waals surface area (Å²) in [5.41, 5.74) is -0.245. The van der Waals surface area contributed by atoms with E-state index in [2.05, 4.69) is 19.9 Å². The second-order valence-corrected chi connectivity index (χ2v) is 30.7. The summed E-state index contributed by atoms with van der Waals surface area (Å²) in [5.74, 6) is -2.15. The van der Waals surface area contributed by atoms with Gasteiger partial charge < -0.3 is 48.1 Å². The minimum Gasteiger partial charge on any atom is -0.504 e. The molecule has 2 aliphatic carbocycles. The highest BCUT2D eigenvalue weighted by molar-refractivity contribution is 7.86. The summed E-state index contributed by atoms with van der Waals surface area (Å²) in [5, 5.41) is 10.8. The number of amides is 2. The number of piperidine rings is 2. The Morgan fingerprint density at radius 1 is 0.514 bits per heavy atom. The summed E-state index contributed by atoms with van der Waals surface area (Å²) < 4.78 is 123. The van der Waals surface area contributed by atoms with Crippen molar-refractivity contribution < 1.29 is 97.2 Å². The van der Waals surface area contributed by atoms with Crippen molar-refractivity contribution in [2.75, 3.05) is 59.9 Å². The van der Waals surface area contributed by atoms with Crippen LogP contribution in [0, 0.1) is 45.9 Å². The van der Waals surface area contributed by atoms with Gasteiger partial charge in [-0.05, 0) is 182 Å². The molecular formula is C79H86F4N6O17S. The molecule has 1 N–H and O–H groups in total. The molecule has 6 aromatic carbocycles. The SMILES string of the molecule is CC(C)(C)OC(=O)N1CCC(COS(C)(=O)=O)CC1.COc1c(OCC2CCN(C(=O)OC(C)(C)C)CC2)cc2ncncc2c1Oc1ccc(CC(=O)C2(C(=O)Cc3ccc(F)cc3)CC2)cc1F.COc1cc2c(Oc3ccc(CC(=O)C4(C(=O)Cc5ccc(F)cc5)CC4)cc3F)ncnc2cc1O. The number of carbonyl (C=O) groups is 6. The molecule has 4 fully saturated rings. The van der Waals surface area contributed by atoms with Gasteiger partial charge in [-0.15, -0.1) is 0 Å². The van der Waals surface area contributed by atoms with Crippen LogP contribution in [0.3, 0.4) is 0 Å². The van der Waals surface area contributed by atoms with Gasteiger partial charge in [0.25, 0.3) is 10.1 Å². The Bertz CT molecular complexity index is 4700. The van der Waals surface area contributed by atoms with Gasteiger partial charge in [0.05, 0.1) is 66.3 Å². The second kappa shape index (κ2) is 33.6. The molecule has 2 saturated heterocycles. The number of carbonyl (C=O) groups excluding carboxylic acids is 6. The molecule has 4 aliphatic rings. The Morgan fingerprint density at radius 3 is 1.39 bits per heavy atom. The molecule has 107 heavy (non-hydrogen) atoms. The normalized spacial score (nSPS) is 15.5. The highest BCUT2D eigenvalue weighted by Gasteiger charge is 2.55. The number of likely N-dealkylation sites (tertiary alicyclic amines) is 2. The third kappa shape index (κ3) is 21.0. The predicted octanol–water partition coefficient (Wildman–Crippen LogP) is 14.2. The van der Waals surface area contributed by atoms with E-state index in [9.17, 15) is 55.5 Å². The fourth-order valence-corrected chi connectivity index (χ4v) is 12.8. The Labute approximate surface area is 617 Å². The fourth-order valence-electron chi connectivity index (χ4n) is 12.4. The van der Waals surface area contributed by atoms with E-state index in [-0.39, 0.29) is 120 Å². The van der Waals surface area contributed by atoms with Gasteiger partial charge >= 0.3 is 12.2 Å². The van der Waals surface area contributed by atoms with Crippen LogP contribution < -0.4 is 23.7 Å². The van der Waals surface area contributed by atoms with Crippen LogP contribution in [-0.2, 0) is 68.6 Å². The van der Waals surface area contributed by atoms with Gasteiger partial charge in [-0.25, -0.2) is 47.1 Å². The molecule has 8 aromatic rings. The number of aromatic hydroxyl groups is 1. The molecule has 2 aromatic heterocycles. The van der Waals surface area contributed by atoms with Crippen molar-refractivity contribution in [3.05, 3.63) is 168 Å². The van der Waals surface area contributed by atoms with E-state index in [0.717, 1.165) is 31.9 Å². The van der Waals surface area contributed by atoms with Crippen molar-refractivity contribution in [1.29, 1.82) is 0 Å². The zero-order valence-electron chi connectivity index (χ0n) is 61.0. The lowest BCUT2D eigenvalue weighted by atomic mass is 9.88. The van der Waals surface area contributed by atoms with Crippen molar-refractivity contribution in [3.63, 3.8) is 0 Å². The zero-order valence-corrected chi connectivity index (χ0v) is 61.8. The molecule has 2 amide bonds. The Hall–Kier alpha value is -10.4. The van der Waals surface area contributed by atoms with E-state index in [1.165, 1.54) is 112 Å². The Morgan fingerprint density at radius 2 is 0.953 bits per heavy atom. The minimum atomic E-state index is -3.38. The first-order valence-corrected chi connectivity index (χ1v) is 36.8. The van der Waals surface area contributed by atoms with E-state index < -0.39 is 55.4 Å². The first-order chi connectivity index (χ1) is 50.7. The van der Waals surface area contributed by atoms with Crippen molar-refractivity contribution in [2.24, 2.45) is 22.7 Å². The molecule has 0 radical (unpaired) electrons. The number of benzene rings is 6. The molecule has 0 spiro atoms. The van der Waals surface area contributed by atoms with Gasteiger partial charge in [0.1, 0.15) is 35.5 Å². The lowest BCUT2D eigenvalue weighted by Crippen LogP contribution is -2.42. The minimum absolute atomic E-state index is 0.0306. The number of aromatic nitrogens is 4. The van der Waals surface area contributed by atoms with Gasteiger partial charge in [0, 0.05) is 70.2 Å². The molecule has 568 valence electrons. The average molecular weight is 1500 g/mol. The molecule has 28 heteroatoms. The molecule has 23 nitrogen and oxygen atoms in total. The number of nitrogens with zero attached hydrogens (tertiary/aromatic N) is 6. The number of phenols is 1. The van der Waals surface area contributed by atoms with Crippen molar-refractivity contribution in [2.45, 2.75) is 130 Å². The van der Waals surface area contributed by atoms with Gasteiger partial charge in [0.15, 0.2) is 69.3 Å². The van der Waals surface area contributed by atoms with Crippen LogP contribution in [0.1, 0.15) is 115 Å². The predicted molar refractivity (Wildman–Crippen MR) is 385 cm³/mol. The molecular weight excluding hydrogens is 1410 g/mol. The summed E-state index contributed by atoms with van der Waals surface area (Å²) in [6.07, 6.45) is 9.12. The molecule has 0 bridgehead atoms. The second-order valence-electron chi connectivity index (χ2n) is 29.1. The first-order valence-electron chi connectivity index (χ1n) is 35.0. The average Bonchev–Trinajstić information content (AvgIpc) is 1.63. The number of ether oxygens (including phenoxy) is 7. The largest absolute Gasteiger partial charge is 0.504 e. The van der Waals surface area contributed by atoms with Crippen molar-refractivity contribution in [3.8, 4) is 46.1 Å². The van der Waals surface area contributed by atoms with Crippen LogP contribution >= 0.6 is 0 Å². The lowest BCUT2D eigenvalue weighted by Gasteiger charge is -2.33. The van der Waals surface area contributed by atoms with Gasteiger partial charge in [-0.2, -0.15) is 8.42 Å². The standard InChI is InChI=1S/C39H41F2N3O7.C28H22F2N2O5.C12H23NO5S/c1-38(2,3)51-37(47)44-15-11-25(12-16-44)22-49-32-20-30-28(21-42-23-43-30)35(36(32)48-4)50-31-10-7-26(17-29(31)41)19-34(46)39(13-14-39)33(45)18-24-5-8-27(40)9-6-24;1-36-24-13-19-21(14-22(24)33)31-15-32-27(19)37-23-7-4-17(10-20(23)30)12-26(35)28(8-9-28)25(34)11-16-2-5-18(29)6-3-16;1-12(2,3)18-11(14)13-7-5-10(6-8-13)9-17-19(4,15)16/h5-10,17,20-21,23,25H,11-16,18-19,22H2,1-4H3;2-7,10,13-15,33H,8-9,11-12H2,1H3;10H,5-9H2,1-4H3. The number of methoxy groups -OCH3 is 2. The van der Waals surface area contributed by atoms with E-state index in [4.69, 9.17) is 37.3 Å². The van der Waals surface area contributed by atoms with Crippen LogP contribution in [0.25, 0.3) is 21.8 Å².